The molecule has 0 aliphatic carbocycles. The van der Waals surface area contributed by atoms with Crippen molar-refractivity contribution < 1.29 is 9.53 Å². The summed E-state index contributed by atoms with van der Waals surface area (Å²) in [7, 11) is 5.56. The van der Waals surface area contributed by atoms with E-state index >= 15 is 0 Å². The van der Waals surface area contributed by atoms with Gasteiger partial charge in [-0.1, -0.05) is 11.3 Å². The summed E-state index contributed by atoms with van der Waals surface area (Å²) in [5.74, 6) is 0.628. The Balaban J connectivity index is 1.97. The van der Waals surface area contributed by atoms with Gasteiger partial charge < -0.3 is 9.64 Å². The first-order valence-electron chi connectivity index (χ1n) is 8.43. The third-order valence-electron chi connectivity index (χ3n) is 4.09. The van der Waals surface area contributed by atoms with Crippen LogP contribution in [0, 0.1) is 11.3 Å². The summed E-state index contributed by atoms with van der Waals surface area (Å²) in [6, 6.07) is 14.4. The lowest BCUT2D eigenvalue weighted by molar-refractivity contribution is 0.0985. The number of benzene rings is 2. The van der Waals surface area contributed by atoms with E-state index in [-0.39, 0.29) is 5.91 Å². The Kier molecular flexibility index (Phi) is 5.69. The molecule has 1 amide bonds. The van der Waals surface area contributed by atoms with E-state index in [9.17, 15) is 4.79 Å². The molecule has 138 valence electrons. The second-order valence-electron chi connectivity index (χ2n) is 6.28. The van der Waals surface area contributed by atoms with E-state index in [1.807, 2.05) is 37.2 Å². The molecule has 0 saturated heterocycles. The number of ether oxygens (including phenoxy) is 1. The molecule has 1 heterocycles. The van der Waals surface area contributed by atoms with Crippen molar-refractivity contribution in [3.05, 3.63) is 53.6 Å². The van der Waals surface area contributed by atoms with Gasteiger partial charge in [-0.15, -0.1) is 0 Å². The van der Waals surface area contributed by atoms with Crippen molar-refractivity contribution >= 4 is 32.6 Å². The number of rotatable bonds is 6. The van der Waals surface area contributed by atoms with E-state index in [1.165, 1.54) is 11.3 Å². The van der Waals surface area contributed by atoms with Crippen LogP contribution in [0.25, 0.3) is 10.2 Å². The van der Waals surface area contributed by atoms with E-state index in [0.29, 0.717) is 29.3 Å². The summed E-state index contributed by atoms with van der Waals surface area (Å²) in [5.41, 5.74) is 1.89. The van der Waals surface area contributed by atoms with Gasteiger partial charge in [0.05, 0.1) is 29.0 Å². The van der Waals surface area contributed by atoms with Crippen molar-refractivity contribution in [1.82, 2.24) is 9.88 Å². The third kappa shape index (κ3) is 4.25. The van der Waals surface area contributed by atoms with E-state index in [2.05, 4.69) is 11.1 Å². The van der Waals surface area contributed by atoms with Crippen LogP contribution in [0.5, 0.6) is 5.75 Å². The summed E-state index contributed by atoms with van der Waals surface area (Å²) in [5, 5.41) is 9.60. The first-order chi connectivity index (χ1) is 13.0. The predicted molar refractivity (Wildman–Crippen MR) is 108 cm³/mol. The molecule has 7 heteroatoms. The number of anilines is 1. The Morgan fingerprint density at radius 1 is 1.19 bits per heavy atom. The van der Waals surface area contributed by atoms with Gasteiger partial charge in [-0.3, -0.25) is 9.69 Å². The number of aromatic nitrogens is 1. The minimum Gasteiger partial charge on any atom is -0.497 e. The third-order valence-corrected chi connectivity index (χ3v) is 5.13. The van der Waals surface area contributed by atoms with Crippen molar-refractivity contribution in [2.75, 3.05) is 39.2 Å². The molecule has 6 nitrogen and oxygen atoms in total. The number of carbonyl (C=O) groups excluding carboxylic acids is 1. The largest absolute Gasteiger partial charge is 0.497 e. The van der Waals surface area contributed by atoms with Crippen LogP contribution in [0.4, 0.5) is 5.13 Å². The number of nitrogens with zero attached hydrogens (tertiary/aromatic N) is 4. The van der Waals surface area contributed by atoms with Crippen molar-refractivity contribution in [2.24, 2.45) is 0 Å². The molecule has 0 aliphatic heterocycles. The molecule has 0 atom stereocenters. The molecule has 27 heavy (non-hydrogen) atoms. The van der Waals surface area contributed by atoms with Crippen LogP contribution in [-0.4, -0.2) is 50.1 Å². The van der Waals surface area contributed by atoms with Gasteiger partial charge in [-0.25, -0.2) is 4.98 Å². The van der Waals surface area contributed by atoms with Crippen molar-refractivity contribution in [1.29, 1.82) is 5.26 Å². The SMILES string of the molecule is COc1ccc2nc(N(CCN(C)C)C(=O)c3ccc(C#N)cc3)sc2c1. The monoisotopic (exact) mass is 380 g/mol. The molecule has 0 bridgehead atoms. The molecule has 0 radical (unpaired) electrons. The van der Waals surface area contributed by atoms with Gasteiger partial charge in [0.25, 0.3) is 5.91 Å². The number of hydrogen-bond acceptors (Lipinski definition) is 6. The fourth-order valence-corrected chi connectivity index (χ4v) is 3.58. The second kappa shape index (κ2) is 8.16. The van der Waals surface area contributed by atoms with Crippen molar-refractivity contribution in [2.45, 2.75) is 0 Å². The van der Waals surface area contributed by atoms with Crippen LogP contribution >= 0.6 is 11.3 Å². The Hall–Kier alpha value is -2.95. The molecular formula is C20H20N4O2S. The summed E-state index contributed by atoms with van der Waals surface area (Å²) < 4.78 is 6.24. The van der Waals surface area contributed by atoms with E-state index in [0.717, 1.165) is 16.0 Å². The lowest BCUT2D eigenvalue weighted by Gasteiger charge is -2.22. The fraction of sp³-hybridized carbons (Fsp3) is 0.250. The van der Waals surface area contributed by atoms with Crippen LogP contribution in [-0.2, 0) is 0 Å². The molecule has 3 aromatic rings. The summed E-state index contributed by atoms with van der Waals surface area (Å²) >= 11 is 1.46. The summed E-state index contributed by atoms with van der Waals surface area (Å²) in [4.78, 5) is 21.5. The normalized spacial score (nSPS) is 10.8. The first kappa shape index (κ1) is 18.8. The minimum atomic E-state index is -0.132. The van der Waals surface area contributed by atoms with Crippen LogP contribution in [0.2, 0.25) is 0 Å². The minimum absolute atomic E-state index is 0.132. The molecular weight excluding hydrogens is 360 g/mol. The average molecular weight is 380 g/mol. The number of thiazole rings is 1. The maximum Gasteiger partial charge on any atom is 0.260 e. The van der Waals surface area contributed by atoms with Crippen LogP contribution in [0.3, 0.4) is 0 Å². The topological polar surface area (TPSA) is 69.5 Å². The Bertz CT molecular complexity index is 989. The predicted octanol–water partition coefficient (Wildman–Crippen LogP) is 3.38. The van der Waals surface area contributed by atoms with Crippen LogP contribution < -0.4 is 9.64 Å². The van der Waals surface area contributed by atoms with Crippen molar-refractivity contribution in [3.63, 3.8) is 0 Å². The number of hydrogen-bond donors (Lipinski definition) is 0. The van der Waals surface area contributed by atoms with Crippen molar-refractivity contribution in [3.8, 4) is 11.8 Å². The lowest BCUT2D eigenvalue weighted by atomic mass is 10.1. The maximum absolute atomic E-state index is 13.1. The molecule has 0 unspecified atom stereocenters. The van der Waals surface area contributed by atoms with Gasteiger partial charge in [-0.05, 0) is 56.6 Å². The molecule has 0 spiro atoms. The standard InChI is InChI=1S/C20H20N4O2S/c1-23(2)10-11-24(19(25)15-6-4-14(13-21)5-7-15)20-22-17-9-8-16(26-3)12-18(17)27-20/h4-9,12H,10-11H2,1-3H3. The molecule has 0 fully saturated rings. The van der Waals surface area contributed by atoms with Crippen LogP contribution in [0.1, 0.15) is 15.9 Å². The first-order valence-corrected chi connectivity index (χ1v) is 9.25. The highest BCUT2D eigenvalue weighted by molar-refractivity contribution is 7.22. The lowest BCUT2D eigenvalue weighted by Crippen LogP contribution is -2.36. The maximum atomic E-state index is 13.1. The van der Waals surface area contributed by atoms with Gasteiger partial charge in [0, 0.05) is 18.7 Å². The van der Waals surface area contributed by atoms with Crippen LogP contribution in [0.15, 0.2) is 42.5 Å². The summed E-state index contributed by atoms with van der Waals surface area (Å²) in [6.07, 6.45) is 0. The summed E-state index contributed by atoms with van der Waals surface area (Å²) in [6.45, 7) is 1.23. The number of likely N-dealkylation sites (N-methyl/N-ethyl adjacent to an activating group) is 1. The Labute approximate surface area is 162 Å². The van der Waals surface area contributed by atoms with E-state index < -0.39 is 0 Å². The molecule has 0 N–H and O–H groups in total. The zero-order valence-electron chi connectivity index (χ0n) is 15.5. The number of amides is 1. The zero-order valence-corrected chi connectivity index (χ0v) is 16.3. The number of nitriles is 1. The van der Waals surface area contributed by atoms with Gasteiger partial charge >= 0.3 is 0 Å². The second-order valence-corrected chi connectivity index (χ2v) is 7.29. The van der Waals surface area contributed by atoms with Gasteiger partial charge in [0.15, 0.2) is 5.13 Å². The van der Waals surface area contributed by atoms with Gasteiger partial charge in [0.1, 0.15) is 5.75 Å². The average Bonchev–Trinajstić information content (AvgIpc) is 3.10. The Morgan fingerprint density at radius 2 is 1.93 bits per heavy atom. The highest BCUT2D eigenvalue weighted by Gasteiger charge is 2.21. The highest BCUT2D eigenvalue weighted by Crippen LogP contribution is 2.32. The number of methoxy groups -OCH3 is 1. The quantitative estimate of drug-likeness (QED) is 0.656. The van der Waals surface area contributed by atoms with E-state index in [1.54, 1.807) is 36.3 Å². The zero-order chi connectivity index (χ0) is 19.4. The molecule has 1 aromatic heterocycles. The molecule has 0 saturated carbocycles. The van der Waals surface area contributed by atoms with E-state index in [4.69, 9.17) is 10.00 Å². The molecule has 2 aromatic carbocycles. The fourth-order valence-electron chi connectivity index (χ4n) is 2.56. The smallest absolute Gasteiger partial charge is 0.260 e. The van der Waals surface area contributed by atoms with Gasteiger partial charge in [-0.2, -0.15) is 5.26 Å². The molecule has 3 rings (SSSR count). The Morgan fingerprint density at radius 3 is 2.56 bits per heavy atom. The van der Waals surface area contributed by atoms with Gasteiger partial charge in [0.2, 0.25) is 0 Å². The number of fused-ring (bicyclic) bond motifs is 1. The molecule has 0 aliphatic rings. The highest BCUT2D eigenvalue weighted by atomic mass is 32.1. The number of carbonyl (C=O) groups is 1.